The number of aliphatic hydroxyl groups excluding tert-OH is 1. The summed E-state index contributed by atoms with van der Waals surface area (Å²) in [6.45, 7) is 2.39. The van der Waals surface area contributed by atoms with Gasteiger partial charge in [-0.25, -0.2) is 0 Å². The maximum absolute atomic E-state index is 9.58. The van der Waals surface area contributed by atoms with Gasteiger partial charge in [-0.1, -0.05) is 30.3 Å². The predicted molar refractivity (Wildman–Crippen MR) is 66.4 cm³/mol. The molecular weight excluding hydrogens is 198 g/mol. The van der Waals surface area contributed by atoms with E-state index in [9.17, 15) is 5.11 Å². The van der Waals surface area contributed by atoms with Crippen LogP contribution in [-0.2, 0) is 6.42 Å². The van der Waals surface area contributed by atoms with Gasteiger partial charge in [-0.2, -0.15) is 0 Å². The van der Waals surface area contributed by atoms with Crippen molar-refractivity contribution in [1.82, 2.24) is 5.32 Å². The molecule has 2 heteroatoms. The van der Waals surface area contributed by atoms with E-state index in [1.165, 1.54) is 12.0 Å². The zero-order valence-corrected chi connectivity index (χ0v) is 9.78. The molecule has 1 heterocycles. The van der Waals surface area contributed by atoms with E-state index in [1.54, 1.807) is 0 Å². The lowest BCUT2D eigenvalue weighted by atomic mass is 9.77. The van der Waals surface area contributed by atoms with E-state index in [2.05, 4.69) is 29.6 Å². The third-order valence-electron chi connectivity index (χ3n) is 3.68. The third kappa shape index (κ3) is 2.83. The number of hydrogen-bond acceptors (Lipinski definition) is 2. The Balaban J connectivity index is 1.92. The second-order valence-corrected chi connectivity index (χ2v) is 4.92. The molecule has 1 fully saturated rings. The molecule has 0 aromatic heterocycles. The number of aliphatic hydroxyl groups is 1. The van der Waals surface area contributed by atoms with Crippen LogP contribution < -0.4 is 5.32 Å². The molecule has 1 saturated heterocycles. The first-order chi connectivity index (χ1) is 7.85. The van der Waals surface area contributed by atoms with Crippen molar-refractivity contribution in [1.29, 1.82) is 0 Å². The maximum Gasteiger partial charge on any atom is 0.0499 e. The standard InChI is InChI=1S/C14H21NO/c16-12-14(8-4-10-15-11-14)9-7-13-5-2-1-3-6-13/h1-3,5-6,15-16H,4,7-12H2/t14-/m0/s1. The molecule has 1 atom stereocenters. The second-order valence-electron chi connectivity index (χ2n) is 4.92. The number of aryl methyl sites for hydroxylation is 1. The summed E-state index contributed by atoms with van der Waals surface area (Å²) in [5, 5.41) is 13.0. The minimum atomic E-state index is 0.119. The van der Waals surface area contributed by atoms with Crippen LogP contribution in [0.25, 0.3) is 0 Å². The predicted octanol–water partition coefficient (Wildman–Crippen LogP) is 1.98. The Morgan fingerprint density at radius 2 is 2.06 bits per heavy atom. The lowest BCUT2D eigenvalue weighted by molar-refractivity contribution is 0.0862. The Morgan fingerprint density at radius 3 is 2.69 bits per heavy atom. The fraction of sp³-hybridized carbons (Fsp3) is 0.571. The number of rotatable bonds is 4. The van der Waals surface area contributed by atoms with Crippen molar-refractivity contribution in [2.75, 3.05) is 19.7 Å². The second kappa shape index (κ2) is 5.46. The highest BCUT2D eigenvalue weighted by Gasteiger charge is 2.30. The summed E-state index contributed by atoms with van der Waals surface area (Å²) >= 11 is 0. The van der Waals surface area contributed by atoms with Crippen molar-refractivity contribution >= 4 is 0 Å². The van der Waals surface area contributed by atoms with Crippen LogP contribution in [0.1, 0.15) is 24.8 Å². The molecule has 2 rings (SSSR count). The van der Waals surface area contributed by atoms with Gasteiger partial charge >= 0.3 is 0 Å². The van der Waals surface area contributed by atoms with Gasteiger partial charge in [0.05, 0.1) is 0 Å². The minimum Gasteiger partial charge on any atom is -0.396 e. The molecule has 1 aromatic carbocycles. The first-order valence-corrected chi connectivity index (χ1v) is 6.20. The SMILES string of the molecule is OC[C@]1(CCc2ccccc2)CCCNC1. The van der Waals surface area contributed by atoms with Gasteiger partial charge in [-0.3, -0.25) is 0 Å². The molecule has 0 spiro atoms. The highest BCUT2D eigenvalue weighted by atomic mass is 16.3. The topological polar surface area (TPSA) is 32.3 Å². The van der Waals surface area contributed by atoms with E-state index in [-0.39, 0.29) is 5.41 Å². The lowest BCUT2D eigenvalue weighted by Gasteiger charge is -2.36. The molecule has 1 aromatic rings. The molecule has 88 valence electrons. The van der Waals surface area contributed by atoms with Gasteiger partial charge in [0.25, 0.3) is 0 Å². The molecule has 2 N–H and O–H groups in total. The van der Waals surface area contributed by atoms with Crippen molar-refractivity contribution in [2.24, 2.45) is 5.41 Å². The quantitative estimate of drug-likeness (QED) is 0.811. The summed E-state index contributed by atoms with van der Waals surface area (Å²) in [6.07, 6.45) is 4.50. The lowest BCUT2D eigenvalue weighted by Crippen LogP contribution is -2.42. The average Bonchev–Trinajstić information content (AvgIpc) is 2.39. The van der Waals surface area contributed by atoms with Gasteiger partial charge in [0.1, 0.15) is 0 Å². The van der Waals surface area contributed by atoms with Crippen LogP contribution in [0.2, 0.25) is 0 Å². The van der Waals surface area contributed by atoms with Crippen LogP contribution in [0.15, 0.2) is 30.3 Å². The van der Waals surface area contributed by atoms with E-state index < -0.39 is 0 Å². The first-order valence-electron chi connectivity index (χ1n) is 6.20. The largest absolute Gasteiger partial charge is 0.396 e. The summed E-state index contributed by atoms with van der Waals surface area (Å²) in [5.74, 6) is 0. The van der Waals surface area contributed by atoms with E-state index >= 15 is 0 Å². The zero-order chi connectivity index (χ0) is 11.3. The molecule has 0 aliphatic carbocycles. The summed E-state index contributed by atoms with van der Waals surface area (Å²) in [4.78, 5) is 0. The monoisotopic (exact) mass is 219 g/mol. The minimum absolute atomic E-state index is 0.119. The average molecular weight is 219 g/mol. The molecule has 1 aliphatic rings. The third-order valence-corrected chi connectivity index (χ3v) is 3.68. The van der Waals surface area contributed by atoms with Gasteiger partial charge < -0.3 is 10.4 Å². The van der Waals surface area contributed by atoms with Crippen LogP contribution in [0.3, 0.4) is 0 Å². The molecule has 16 heavy (non-hydrogen) atoms. The van der Waals surface area contributed by atoms with Crippen molar-refractivity contribution in [2.45, 2.75) is 25.7 Å². The van der Waals surface area contributed by atoms with E-state index in [4.69, 9.17) is 0 Å². The van der Waals surface area contributed by atoms with Crippen LogP contribution >= 0.6 is 0 Å². The van der Waals surface area contributed by atoms with Gasteiger partial charge in [0.2, 0.25) is 0 Å². The van der Waals surface area contributed by atoms with Crippen molar-refractivity contribution in [3.63, 3.8) is 0 Å². The Bertz CT molecular complexity index is 304. The van der Waals surface area contributed by atoms with Crippen molar-refractivity contribution in [3.8, 4) is 0 Å². The number of benzene rings is 1. The highest BCUT2D eigenvalue weighted by Crippen LogP contribution is 2.30. The van der Waals surface area contributed by atoms with Crippen LogP contribution in [0.4, 0.5) is 0 Å². The zero-order valence-electron chi connectivity index (χ0n) is 9.78. The Kier molecular flexibility index (Phi) is 3.97. The molecule has 0 radical (unpaired) electrons. The molecule has 0 bridgehead atoms. The fourth-order valence-electron chi connectivity index (χ4n) is 2.51. The maximum atomic E-state index is 9.58. The molecule has 1 aliphatic heterocycles. The molecule has 0 amide bonds. The van der Waals surface area contributed by atoms with Crippen molar-refractivity contribution < 1.29 is 5.11 Å². The normalized spacial score (nSPS) is 25.6. The highest BCUT2D eigenvalue weighted by molar-refractivity contribution is 5.15. The number of piperidine rings is 1. The van der Waals surface area contributed by atoms with Crippen molar-refractivity contribution in [3.05, 3.63) is 35.9 Å². The molecular formula is C14H21NO. The van der Waals surface area contributed by atoms with Crippen LogP contribution in [-0.4, -0.2) is 24.8 Å². The summed E-state index contributed by atoms with van der Waals surface area (Å²) in [7, 11) is 0. The summed E-state index contributed by atoms with van der Waals surface area (Å²) in [6, 6.07) is 10.6. The molecule has 2 nitrogen and oxygen atoms in total. The van der Waals surface area contributed by atoms with E-state index in [0.29, 0.717) is 6.61 Å². The molecule has 0 saturated carbocycles. The summed E-state index contributed by atoms with van der Waals surface area (Å²) < 4.78 is 0. The Labute approximate surface area is 97.7 Å². The van der Waals surface area contributed by atoms with Crippen LogP contribution in [0.5, 0.6) is 0 Å². The van der Waals surface area contributed by atoms with Gasteiger partial charge in [-0.15, -0.1) is 0 Å². The summed E-state index contributed by atoms with van der Waals surface area (Å²) in [5.41, 5.74) is 1.49. The smallest absolute Gasteiger partial charge is 0.0499 e. The van der Waals surface area contributed by atoms with E-state index in [1.807, 2.05) is 6.07 Å². The number of hydrogen-bond donors (Lipinski definition) is 2. The number of nitrogens with one attached hydrogen (secondary N) is 1. The first kappa shape index (κ1) is 11.6. The fourth-order valence-corrected chi connectivity index (χ4v) is 2.51. The van der Waals surface area contributed by atoms with Crippen LogP contribution in [0, 0.1) is 5.41 Å². The Morgan fingerprint density at radius 1 is 1.25 bits per heavy atom. The van der Waals surface area contributed by atoms with E-state index in [0.717, 1.165) is 32.4 Å². The van der Waals surface area contributed by atoms with Gasteiger partial charge in [0, 0.05) is 18.6 Å². The Hall–Kier alpha value is -0.860. The van der Waals surface area contributed by atoms with Gasteiger partial charge in [-0.05, 0) is 37.8 Å². The molecule has 0 unspecified atom stereocenters. The van der Waals surface area contributed by atoms with Gasteiger partial charge in [0.15, 0.2) is 0 Å².